The number of carbonyl (C=O) groups excluding carboxylic acids is 1. The number of thioether (sulfide) groups is 1. The first-order valence-electron chi connectivity index (χ1n) is 6.41. The minimum absolute atomic E-state index is 0.338. The molecule has 106 valence electrons. The monoisotopic (exact) mass is 300 g/mol. The summed E-state index contributed by atoms with van der Waals surface area (Å²) in [6, 6.07) is 0. The third kappa shape index (κ3) is 2.69. The van der Waals surface area contributed by atoms with Crippen LogP contribution in [0.5, 0.6) is 0 Å². The standard InChI is InChI=1S/C13H20N2O2S2/c1-4-8-5-6-15(7-8)12-10(18-3)9(14)11(19-12)13(16)17-2/h8H,4-7,14H2,1-3H3. The summed E-state index contributed by atoms with van der Waals surface area (Å²) in [5.74, 6) is 0.412. The molecule has 0 aromatic carbocycles. The zero-order valence-electron chi connectivity index (χ0n) is 11.6. The Morgan fingerprint density at radius 2 is 2.37 bits per heavy atom. The van der Waals surface area contributed by atoms with Crippen LogP contribution in [0.15, 0.2) is 4.90 Å². The average Bonchev–Trinajstić information content (AvgIpc) is 3.01. The van der Waals surface area contributed by atoms with Gasteiger partial charge in [0.15, 0.2) is 0 Å². The smallest absolute Gasteiger partial charge is 0.350 e. The molecule has 4 nitrogen and oxygen atoms in total. The lowest BCUT2D eigenvalue weighted by molar-refractivity contribution is 0.0607. The van der Waals surface area contributed by atoms with E-state index in [1.807, 2.05) is 6.26 Å². The van der Waals surface area contributed by atoms with Crippen LogP contribution in [0.2, 0.25) is 0 Å². The highest BCUT2D eigenvalue weighted by Crippen LogP contribution is 2.45. The summed E-state index contributed by atoms with van der Waals surface area (Å²) in [5, 5.41) is 1.13. The van der Waals surface area contributed by atoms with Gasteiger partial charge in [-0.15, -0.1) is 23.1 Å². The minimum Gasteiger partial charge on any atom is -0.465 e. The van der Waals surface area contributed by atoms with E-state index >= 15 is 0 Å². The lowest BCUT2D eigenvalue weighted by atomic mass is 10.1. The van der Waals surface area contributed by atoms with E-state index in [1.54, 1.807) is 11.8 Å². The average molecular weight is 300 g/mol. The third-order valence-corrected chi connectivity index (χ3v) is 5.80. The first-order valence-corrected chi connectivity index (χ1v) is 8.45. The lowest BCUT2D eigenvalue weighted by Crippen LogP contribution is -2.18. The van der Waals surface area contributed by atoms with Crippen LogP contribution < -0.4 is 10.6 Å². The van der Waals surface area contributed by atoms with Gasteiger partial charge in [0.25, 0.3) is 0 Å². The van der Waals surface area contributed by atoms with Gasteiger partial charge in [0.05, 0.1) is 17.7 Å². The number of ether oxygens (including phenoxy) is 1. The summed E-state index contributed by atoms with van der Waals surface area (Å²) in [7, 11) is 1.39. The number of rotatable bonds is 4. The van der Waals surface area contributed by atoms with Crippen molar-refractivity contribution < 1.29 is 9.53 Å². The summed E-state index contributed by atoms with van der Waals surface area (Å²) in [4.78, 5) is 15.6. The molecular formula is C13H20N2O2S2. The Morgan fingerprint density at radius 3 is 2.89 bits per heavy atom. The number of nitrogens with zero attached hydrogens (tertiary/aromatic N) is 1. The second kappa shape index (κ2) is 6.05. The molecule has 1 aliphatic rings. The molecule has 0 amide bonds. The fourth-order valence-corrected chi connectivity index (χ4v) is 4.55. The van der Waals surface area contributed by atoms with Crippen molar-refractivity contribution in [2.24, 2.45) is 5.92 Å². The van der Waals surface area contributed by atoms with Crippen LogP contribution in [0.1, 0.15) is 29.4 Å². The Bertz CT molecular complexity index is 473. The molecule has 1 aliphatic heterocycles. The number of nitrogen functional groups attached to an aromatic ring is 1. The number of methoxy groups -OCH3 is 1. The SMILES string of the molecule is CCC1CCN(c2sc(C(=O)OC)c(N)c2SC)C1. The molecule has 1 saturated heterocycles. The van der Waals surface area contributed by atoms with Crippen LogP contribution in [0.4, 0.5) is 10.7 Å². The number of nitrogens with two attached hydrogens (primary N) is 1. The van der Waals surface area contributed by atoms with Crippen molar-refractivity contribution in [3.63, 3.8) is 0 Å². The van der Waals surface area contributed by atoms with Gasteiger partial charge < -0.3 is 15.4 Å². The molecule has 1 aromatic rings. The van der Waals surface area contributed by atoms with Crippen molar-refractivity contribution in [2.45, 2.75) is 24.7 Å². The van der Waals surface area contributed by atoms with E-state index in [0.717, 1.165) is 28.9 Å². The van der Waals surface area contributed by atoms with E-state index in [-0.39, 0.29) is 5.97 Å². The maximum atomic E-state index is 11.7. The predicted molar refractivity (Wildman–Crippen MR) is 82.5 cm³/mol. The van der Waals surface area contributed by atoms with Gasteiger partial charge in [-0.2, -0.15) is 0 Å². The van der Waals surface area contributed by atoms with Gasteiger partial charge in [0, 0.05) is 13.1 Å². The second-order valence-electron chi connectivity index (χ2n) is 4.68. The number of anilines is 2. The van der Waals surface area contributed by atoms with E-state index < -0.39 is 0 Å². The molecule has 1 atom stereocenters. The van der Waals surface area contributed by atoms with Crippen molar-refractivity contribution in [3.05, 3.63) is 4.88 Å². The molecule has 2 rings (SSSR count). The van der Waals surface area contributed by atoms with Crippen LogP contribution in [0, 0.1) is 5.92 Å². The highest BCUT2D eigenvalue weighted by molar-refractivity contribution is 7.99. The quantitative estimate of drug-likeness (QED) is 0.684. The number of thiophene rings is 1. The molecule has 0 aliphatic carbocycles. The second-order valence-corrected chi connectivity index (χ2v) is 6.50. The van der Waals surface area contributed by atoms with Crippen LogP contribution >= 0.6 is 23.1 Å². The van der Waals surface area contributed by atoms with Crippen LogP contribution in [-0.4, -0.2) is 32.4 Å². The Hall–Kier alpha value is -0.880. The van der Waals surface area contributed by atoms with Gasteiger partial charge in [0.2, 0.25) is 0 Å². The van der Waals surface area contributed by atoms with Crippen LogP contribution in [0.3, 0.4) is 0 Å². The van der Waals surface area contributed by atoms with E-state index in [2.05, 4.69) is 11.8 Å². The fraction of sp³-hybridized carbons (Fsp3) is 0.615. The van der Waals surface area contributed by atoms with E-state index in [4.69, 9.17) is 10.5 Å². The van der Waals surface area contributed by atoms with Crippen molar-refractivity contribution in [3.8, 4) is 0 Å². The molecule has 1 aromatic heterocycles. The summed E-state index contributed by atoms with van der Waals surface area (Å²) in [6.45, 7) is 4.34. The van der Waals surface area contributed by atoms with Gasteiger partial charge >= 0.3 is 5.97 Å². The van der Waals surface area contributed by atoms with E-state index in [1.165, 1.54) is 31.3 Å². The minimum atomic E-state index is -0.338. The summed E-state index contributed by atoms with van der Waals surface area (Å²) < 4.78 is 4.80. The summed E-state index contributed by atoms with van der Waals surface area (Å²) in [6.07, 6.45) is 4.42. The Kier molecular flexibility index (Phi) is 4.62. The molecule has 6 heteroatoms. The highest BCUT2D eigenvalue weighted by atomic mass is 32.2. The van der Waals surface area contributed by atoms with Gasteiger partial charge in [-0.3, -0.25) is 0 Å². The van der Waals surface area contributed by atoms with Crippen LogP contribution in [0.25, 0.3) is 0 Å². The Balaban J connectivity index is 2.32. The number of hydrogen-bond donors (Lipinski definition) is 1. The molecule has 1 fully saturated rings. The van der Waals surface area contributed by atoms with Crippen molar-refractivity contribution >= 4 is 39.8 Å². The summed E-state index contributed by atoms with van der Waals surface area (Å²) >= 11 is 3.06. The topological polar surface area (TPSA) is 55.6 Å². The molecule has 2 heterocycles. The fourth-order valence-electron chi connectivity index (χ4n) is 2.42. The molecule has 2 N–H and O–H groups in total. The van der Waals surface area contributed by atoms with Gasteiger partial charge in [0.1, 0.15) is 9.88 Å². The Morgan fingerprint density at radius 1 is 1.63 bits per heavy atom. The molecular weight excluding hydrogens is 280 g/mol. The largest absolute Gasteiger partial charge is 0.465 e. The maximum Gasteiger partial charge on any atom is 0.350 e. The lowest BCUT2D eigenvalue weighted by Gasteiger charge is -2.17. The van der Waals surface area contributed by atoms with E-state index in [0.29, 0.717) is 10.6 Å². The predicted octanol–water partition coefficient (Wildman–Crippen LogP) is 3.08. The van der Waals surface area contributed by atoms with Gasteiger partial charge in [-0.25, -0.2) is 4.79 Å². The molecule has 0 bridgehead atoms. The molecule has 0 spiro atoms. The third-order valence-electron chi connectivity index (χ3n) is 3.61. The highest BCUT2D eigenvalue weighted by Gasteiger charge is 2.28. The number of hydrogen-bond acceptors (Lipinski definition) is 6. The summed E-state index contributed by atoms with van der Waals surface area (Å²) in [5.41, 5.74) is 6.66. The van der Waals surface area contributed by atoms with Gasteiger partial charge in [-0.05, 0) is 18.6 Å². The van der Waals surface area contributed by atoms with Crippen molar-refractivity contribution in [2.75, 3.05) is 37.1 Å². The maximum absolute atomic E-state index is 11.7. The number of carbonyl (C=O) groups is 1. The molecule has 19 heavy (non-hydrogen) atoms. The van der Waals surface area contributed by atoms with E-state index in [9.17, 15) is 4.79 Å². The molecule has 0 saturated carbocycles. The molecule has 0 radical (unpaired) electrons. The van der Waals surface area contributed by atoms with Crippen LogP contribution in [-0.2, 0) is 4.74 Å². The zero-order chi connectivity index (χ0) is 14.0. The van der Waals surface area contributed by atoms with Gasteiger partial charge in [-0.1, -0.05) is 13.3 Å². The molecule has 1 unspecified atom stereocenters. The van der Waals surface area contributed by atoms with Crippen molar-refractivity contribution in [1.82, 2.24) is 0 Å². The normalized spacial score (nSPS) is 18.9. The first-order chi connectivity index (χ1) is 9.12. The zero-order valence-corrected chi connectivity index (χ0v) is 13.2. The Labute approximate surface area is 122 Å². The first kappa shape index (κ1) is 14.5. The number of esters is 1. The van der Waals surface area contributed by atoms with Crippen molar-refractivity contribution in [1.29, 1.82) is 0 Å².